The minimum absolute atomic E-state index is 0.0575. The van der Waals surface area contributed by atoms with E-state index in [9.17, 15) is 5.26 Å². The predicted octanol–water partition coefficient (Wildman–Crippen LogP) is 3.46. The fourth-order valence-electron chi connectivity index (χ4n) is 2.70. The van der Waals surface area contributed by atoms with Gasteiger partial charge in [0.1, 0.15) is 5.75 Å². The Labute approximate surface area is 116 Å². The van der Waals surface area contributed by atoms with E-state index < -0.39 is 5.41 Å². The predicted molar refractivity (Wildman–Crippen MR) is 78.3 cm³/mol. The Hall–Kier alpha value is -1.53. The van der Waals surface area contributed by atoms with Crippen molar-refractivity contribution in [1.82, 2.24) is 4.90 Å². The van der Waals surface area contributed by atoms with E-state index in [4.69, 9.17) is 4.74 Å². The number of hydrogen-bond acceptors (Lipinski definition) is 3. The molecule has 0 fully saturated rings. The molecule has 0 bridgehead atoms. The summed E-state index contributed by atoms with van der Waals surface area (Å²) in [7, 11) is 5.72. The van der Waals surface area contributed by atoms with Gasteiger partial charge in [-0.2, -0.15) is 5.26 Å². The molecule has 104 valence electrons. The first-order valence-corrected chi connectivity index (χ1v) is 6.47. The molecule has 0 heterocycles. The number of nitrogens with zero attached hydrogens (tertiary/aromatic N) is 2. The highest BCUT2D eigenvalue weighted by molar-refractivity contribution is 5.43. The second kappa shape index (κ2) is 5.63. The molecule has 0 amide bonds. The van der Waals surface area contributed by atoms with Crippen LogP contribution in [0.5, 0.6) is 5.75 Å². The van der Waals surface area contributed by atoms with Crippen LogP contribution in [0.15, 0.2) is 12.1 Å². The molecular weight excluding hydrogens is 236 g/mol. The summed E-state index contributed by atoms with van der Waals surface area (Å²) in [5.74, 6) is 0.897. The molecule has 1 rings (SSSR count). The molecule has 0 saturated heterocycles. The fourth-order valence-corrected chi connectivity index (χ4v) is 2.70. The lowest BCUT2D eigenvalue weighted by atomic mass is 9.79. The highest BCUT2D eigenvalue weighted by atomic mass is 16.5. The summed E-state index contributed by atoms with van der Waals surface area (Å²) in [6.07, 6.45) is 0. The number of ether oxygens (including phenoxy) is 1. The van der Waals surface area contributed by atoms with Crippen LogP contribution in [0.25, 0.3) is 0 Å². The van der Waals surface area contributed by atoms with Gasteiger partial charge in [0, 0.05) is 0 Å². The number of aryl methyl sites for hydroxylation is 2. The zero-order valence-electron chi connectivity index (χ0n) is 13.0. The lowest BCUT2D eigenvalue weighted by Gasteiger charge is -2.35. The maximum absolute atomic E-state index is 9.43. The minimum atomic E-state index is -0.449. The zero-order valence-corrected chi connectivity index (χ0v) is 13.0. The van der Waals surface area contributed by atoms with E-state index in [0.29, 0.717) is 0 Å². The molecule has 3 heteroatoms. The van der Waals surface area contributed by atoms with Crippen molar-refractivity contribution in [3.8, 4) is 11.8 Å². The molecule has 0 saturated carbocycles. The third kappa shape index (κ3) is 3.08. The van der Waals surface area contributed by atoms with Gasteiger partial charge in [0.25, 0.3) is 0 Å². The summed E-state index contributed by atoms with van der Waals surface area (Å²) in [5, 5.41) is 9.43. The average Bonchev–Trinajstić information content (AvgIpc) is 2.32. The molecule has 0 aliphatic heterocycles. The Bertz CT molecular complexity index is 498. The Morgan fingerprint density at radius 3 is 2.21 bits per heavy atom. The molecule has 0 radical (unpaired) electrons. The van der Waals surface area contributed by atoms with Gasteiger partial charge in [-0.3, -0.25) is 0 Å². The van der Waals surface area contributed by atoms with Crippen LogP contribution in [-0.2, 0) is 0 Å². The standard InChI is InChI=1S/C16H24N2O/c1-11-9-14(19-7)12(2)8-13(11)15(18(5)6)16(3,4)10-17/h8-9,15H,1-7H3. The normalized spacial score (nSPS) is 13.2. The van der Waals surface area contributed by atoms with Gasteiger partial charge in [-0.1, -0.05) is 6.07 Å². The van der Waals surface area contributed by atoms with Crippen molar-refractivity contribution >= 4 is 0 Å². The molecule has 1 atom stereocenters. The van der Waals surface area contributed by atoms with E-state index >= 15 is 0 Å². The maximum Gasteiger partial charge on any atom is 0.122 e. The van der Waals surface area contributed by atoms with Gasteiger partial charge in [-0.15, -0.1) is 0 Å². The smallest absolute Gasteiger partial charge is 0.122 e. The fraction of sp³-hybridized carbons (Fsp3) is 0.562. The molecule has 0 N–H and O–H groups in total. The van der Waals surface area contributed by atoms with Gasteiger partial charge >= 0.3 is 0 Å². The van der Waals surface area contributed by atoms with Crippen molar-refractivity contribution in [2.75, 3.05) is 21.2 Å². The molecular formula is C16H24N2O. The van der Waals surface area contributed by atoms with Gasteiger partial charge in [0.05, 0.1) is 24.6 Å². The third-order valence-corrected chi connectivity index (χ3v) is 3.57. The van der Waals surface area contributed by atoms with Crippen molar-refractivity contribution in [2.45, 2.75) is 33.7 Å². The summed E-state index contributed by atoms with van der Waals surface area (Å²) in [4.78, 5) is 2.11. The Morgan fingerprint density at radius 2 is 1.79 bits per heavy atom. The quantitative estimate of drug-likeness (QED) is 0.831. The van der Waals surface area contributed by atoms with Crippen molar-refractivity contribution in [3.63, 3.8) is 0 Å². The van der Waals surface area contributed by atoms with Gasteiger partial charge in [0.15, 0.2) is 0 Å². The summed E-state index contributed by atoms with van der Waals surface area (Å²) in [5.41, 5.74) is 3.00. The molecule has 19 heavy (non-hydrogen) atoms. The average molecular weight is 260 g/mol. The summed E-state index contributed by atoms with van der Waals surface area (Å²) in [6.45, 7) is 8.07. The second-order valence-corrected chi connectivity index (χ2v) is 5.88. The first-order valence-electron chi connectivity index (χ1n) is 6.47. The number of hydrogen-bond donors (Lipinski definition) is 0. The first-order chi connectivity index (χ1) is 8.74. The monoisotopic (exact) mass is 260 g/mol. The number of methoxy groups -OCH3 is 1. The van der Waals surface area contributed by atoms with Crippen molar-refractivity contribution in [1.29, 1.82) is 5.26 Å². The lowest BCUT2D eigenvalue weighted by Crippen LogP contribution is -2.33. The SMILES string of the molecule is COc1cc(C)c(C(N(C)C)C(C)(C)C#N)cc1C. The molecule has 1 aromatic carbocycles. The first kappa shape index (κ1) is 15.5. The zero-order chi connectivity index (χ0) is 14.8. The van der Waals surface area contributed by atoms with Gasteiger partial charge in [-0.25, -0.2) is 0 Å². The molecule has 1 aromatic rings. The molecule has 0 aliphatic carbocycles. The van der Waals surface area contributed by atoms with Crippen LogP contribution in [0.2, 0.25) is 0 Å². The topological polar surface area (TPSA) is 36.3 Å². The Morgan fingerprint density at radius 1 is 1.21 bits per heavy atom. The second-order valence-electron chi connectivity index (χ2n) is 5.88. The molecule has 3 nitrogen and oxygen atoms in total. The third-order valence-electron chi connectivity index (χ3n) is 3.57. The Balaban J connectivity index is 3.41. The van der Waals surface area contributed by atoms with Crippen LogP contribution < -0.4 is 4.74 Å². The summed E-state index contributed by atoms with van der Waals surface area (Å²) >= 11 is 0. The van der Waals surface area contributed by atoms with Crippen molar-refractivity contribution in [3.05, 3.63) is 28.8 Å². The summed E-state index contributed by atoms with van der Waals surface area (Å²) < 4.78 is 5.35. The molecule has 0 aromatic heterocycles. The maximum atomic E-state index is 9.43. The highest BCUT2D eigenvalue weighted by Gasteiger charge is 2.33. The molecule has 0 spiro atoms. The van der Waals surface area contributed by atoms with Crippen molar-refractivity contribution < 1.29 is 4.74 Å². The lowest BCUT2D eigenvalue weighted by molar-refractivity contribution is 0.184. The largest absolute Gasteiger partial charge is 0.496 e. The van der Waals surface area contributed by atoms with E-state index in [0.717, 1.165) is 16.9 Å². The van der Waals surface area contributed by atoms with E-state index in [2.05, 4.69) is 30.0 Å². The Kier molecular flexibility index (Phi) is 4.60. The molecule has 1 unspecified atom stereocenters. The van der Waals surface area contributed by atoms with E-state index in [1.54, 1.807) is 7.11 Å². The van der Waals surface area contributed by atoms with Crippen LogP contribution in [0.1, 0.15) is 36.6 Å². The summed E-state index contributed by atoms with van der Waals surface area (Å²) in [6, 6.07) is 6.67. The molecule has 0 aliphatic rings. The van der Waals surface area contributed by atoms with Crippen LogP contribution in [0.4, 0.5) is 0 Å². The van der Waals surface area contributed by atoms with E-state index in [1.165, 1.54) is 5.56 Å². The van der Waals surface area contributed by atoms with Crippen LogP contribution in [-0.4, -0.2) is 26.1 Å². The van der Waals surface area contributed by atoms with Crippen LogP contribution >= 0.6 is 0 Å². The van der Waals surface area contributed by atoms with E-state index in [1.807, 2.05) is 34.9 Å². The van der Waals surface area contributed by atoms with Crippen molar-refractivity contribution in [2.24, 2.45) is 5.41 Å². The number of rotatable bonds is 4. The number of benzene rings is 1. The van der Waals surface area contributed by atoms with Gasteiger partial charge < -0.3 is 9.64 Å². The highest BCUT2D eigenvalue weighted by Crippen LogP contribution is 2.39. The van der Waals surface area contributed by atoms with Crippen LogP contribution in [0.3, 0.4) is 0 Å². The van der Waals surface area contributed by atoms with E-state index in [-0.39, 0.29) is 6.04 Å². The van der Waals surface area contributed by atoms with Crippen LogP contribution in [0, 0.1) is 30.6 Å². The minimum Gasteiger partial charge on any atom is -0.496 e. The van der Waals surface area contributed by atoms with Gasteiger partial charge in [-0.05, 0) is 64.5 Å². The van der Waals surface area contributed by atoms with Gasteiger partial charge in [0.2, 0.25) is 0 Å². The number of nitriles is 1.